The number of ether oxygens (including phenoxy) is 1. The summed E-state index contributed by atoms with van der Waals surface area (Å²) in [6.45, 7) is 0.543. The normalized spacial score (nSPS) is 10.2. The van der Waals surface area contributed by atoms with Crippen molar-refractivity contribution in [3.63, 3.8) is 0 Å². The number of anilines is 1. The highest BCUT2D eigenvalue weighted by atomic mass is 16.5. The smallest absolute Gasteiger partial charge is 0.248 e. The molecule has 4 N–H and O–H groups in total. The Morgan fingerprint density at radius 2 is 1.85 bits per heavy atom. The largest absolute Gasteiger partial charge is 0.491 e. The highest BCUT2D eigenvalue weighted by Crippen LogP contribution is 2.22. The predicted octanol–water partition coefficient (Wildman–Crippen LogP) is 2.38. The summed E-state index contributed by atoms with van der Waals surface area (Å²) >= 11 is 0. The van der Waals surface area contributed by atoms with Crippen molar-refractivity contribution >= 4 is 11.6 Å². The Kier molecular flexibility index (Phi) is 4.60. The summed E-state index contributed by atoms with van der Waals surface area (Å²) in [5, 5.41) is 0. The number of nitrogens with two attached hydrogens (primary N) is 2. The van der Waals surface area contributed by atoms with Crippen molar-refractivity contribution in [2.24, 2.45) is 5.73 Å². The maximum atomic E-state index is 11.1. The van der Waals surface area contributed by atoms with E-state index in [0.29, 0.717) is 23.6 Å². The molecule has 0 bridgehead atoms. The van der Waals surface area contributed by atoms with Gasteiger partial charge in [0.25, 0.3) is 0 Å². The number of hydrogen-bond donors (Lipinski definition) is 2. The minimum atomic E-state index is -0.487. The quantitative estimate of drug-likeness (QED) is 0.625. The molecule has 4 heteroatoms. The number of benzene rings is 2. The van der Waals surface area contributed by atoms with Crippen LogP contribution in [0.15, 0.2) is 48.5 Å². The van der Waals surface area contributed by atoms with Crippen molar-refractivity contribution in [3.8, 4) is 5.75 Å². The summed E-state index contributed by atoms with van der Waals surface area (Å²) in [4.78, 5) is 11.1. The molecule has 2 rings (SSSR count). The fourth-order valence-electron chi connectivity index (χ4n) is 1.92. The molecule has 0 radical (unpaired) electrons. The van der Waals surface area contributed by atoms with Crippen molar-refractivity contribution in [1.29, 1.82) is 0 Å². The molecule has 2 aromatic rings. The first-order valence-electron chi connectivity index (χ1n) is 6.53. The number of hydrogen-bond acceptors (Lipinski definition) is 3. The average Bonchev–Trinajstić information content (AvgIpc) is 2.46. The number of carbonyl (C=O) groups excluding carboxylic acids is 1. The van der Waals surface area contributed by atoms with Gasteiger partial charge in [0.2, 0.25) is 5.91 Å². The van der Waals surface area contributed by atoms with Crippen LogP contribution in [-0.4, -0.2) is 12.5 Å². The van der Waals surface area contributed by atoms with Gasteiger partial charge in [-0.05, 0) is 36.6 Å². The third kappa shape index (κ3) is 3.75. The Hall–Kier alpha value is -2.49. The zero-order valence-electron chi connectivity index (χ0n) is 11.2. The van der Waals surface area contributed by atoms with Crippen LogP contribution < -0.4 is 16.2 Å². The Bertz CT molecular complexity index is 582. The molecule has 0 spiro atoms. The molecule has 4 nitrogen and oxygen atoms in total. The summed E-state index contributed by atoms with van der Waals surface area (Å²) in [5.74, 6) is 0.0218. The molecule has 2 aromatic carbocycles. The molecule has 0 heterocycles. The Morgan fingerprint density at radius 3 is 2.55 bits per heavy atom. The second-order valence-electron chi connectivity index (χ2n) is 4.55. The lowest BCUT2D eigenvalue weighted by molar-refractivity contribution is 0.1000. The number of amides is 1. The minimum Gasteiger partial charge on any atom is -0.491 e. The van der Waals surface area contributed by atoms with E-state index in [0.717, 1.165) is 12.8 Å². The van der Waals surface area contributed by atoms with Crippen LogP contribution in [0, 0.1) is 0 Å². The Balaban J connectivity index is 1.88. The van der Waals surface area contributed by atoms with Gasteiger partial charge < -0.3 is 16.2 Å². The second kappa shape index (κ2) is 6.61. The molecule has 0 aliphatic rings. The average molecular weight is 270 g/mol. The lowest BCUT2D eigenvalue weighted by atomic mass is 10.1. The zero-order chi connectivity index (χ0) is 14.4. The van der Waals surface area contributed by atoms with Crippen LogP contribution in [0.2, 0.25) is 0 Å². The van der Waals surface area contributed by atoms with Gasteiger partial charge in [0, 0.05) is 5.56 Å². The standard InChI is InChI=1S/C16H18N2O2/c17-14-9-8-13(16(18)19)11-15(14)20-10-4-7-12-5-2-1-3-6-12/h1-3,5-6,8-9,11H,4,7,10,17H2,(H2,18,19). The molecular weight excluding hydrogens is 252 g/mol. The molecule has 0 aliphatic heterocycles. The summed E-state index contributed by atoms with van der Waals surface area (Å²) < 4.78 is 5.62. The zero-order valence-corrected chi connectivity index (χ0v) is 11.2. The van der Waals surface area contributed by atoms with Crippen LogP contribution in [0.1, 0.15) is 22.3 Å². The molecule has 0 fully saturated rings. The van der Waals surface area contributed by atoms with Gasteiger partial charge in [0.1, 0.15) is 5.75 Å². The lowest BCUT2D eigenvalue weighted by Crippen LogP contribution is -2.11. The van der Waals surface area contributed by atoms with E-state index < -0.39 is 5.91 Å². The van der Waals surface area contributed by atoms with Crippen molar-refractivity contribution in [2.75, 3.05) is 12.3 Å². The van der Waals surface area contributed by atoms with Crippen LogP contribution in [0.3, 0.4) is 0 Å². The molecule has 0 saturated carbocycles. The molecule has 104 valence electrons. The van der Waals surface area contributed by atoms with Gasteiger partial charge in [-0.2, -0.15) is 0 Å². The number of nitrogen functional groups attached to an aromatic ring is 1. The molecule has 0 unspecified atom stereocenters. The van der Waals surface area contributed by atoms with Crippen LogP contribution >= 0.6 is 0 Å². The van der Waals surface area contributed by atoms with Crippen LogP contribution in [0.25, 0.3) is 0 Å². The lowest BCUT2D eigenvalue weighted by Gasteiger charge is -2.10. The maximum absolute atomic E-state index is 11.1. The van der Waals surface area contributed by atoms with Gasteiger partial charge in [0.05, 0.1) is 12.3 Å². The number of rotatable bonds is 6. The van der Waals surface area contributed by atoms with E-state index in [-0.39, 0.29) is 0 Å². The van der Waals surface area contributed by atoms with Gasteiger partial charge in [-0.15, -0.1) is 0 Å². The number of carbonyl (C=O) groups is 1. The van der Waals surface area contributed by atoms with Gasteiger partial charge in [-0.25, -0.2) is 0 Å². The summed E-state index contributed by atoms with van der Waals surface area (Å²) in [6.07, 6.45) is 1.82. The first-order chi connectivity index (χ1) is 9.66. The van der Waals surface area contributed by atoms with E-state index in [4.69, 9.17) is 16.2 Å². The molecular formula is C16H18N2O2. The Morgan fingerprint density at radius 1 is 1.10 bits per heavy atom. The fraction of sp³-hybridized carbons (Fsp3) is 0.188. The van der Waals surface area contributed by atoms with E-state index in [1.54, 1.807) is 18.2 Å². The van der Waals surface area contributed by atoms with Crippen molar-refractivity contribution < 1.29 is 9.53 Å². The second-order valence-corrected chi connectivity index (χ2v) is 4.55. The first kappa shape index (κ1) is 13.9. The Labute approximate surface area is 118 Å². The van der Waals surface area contributed by atoms with Gasteiger partial charge in [-0.1, -0.05) is 30.3 Å². The SMILES string of the molecule is NC(=O)c1ccc(N)c(OCCCc2ccccc2)c1. The van der Waals surface area contributed by atoms with E-state index in [2.05, 4.69) is 12.1 Å². The topological polar surface area (TPSA) is 78.3 Å². The predicted molar refractivity (Wildman–Crippen MR) is 79.6 cm³/mol. The van der Waals surface area contributed by atoms with Gasteiger partial charge in [-0.3, -0.25) is 4.79 Å². The van der Waals surface area contributed by atoms with E-state index >= 15 is 0 Å². The highest BCUT2D eigenvalue weighted by Gasteiger charge is 2.06. The van der Waals surface area contributed by atoms with Crippen LogP contribution in [0.4, 0.5) is 5.69 Å². The maximum Gasteiger partial charge on any atom is 0.248 e. The monoisotopic (exact) mass is 270 g/mol. The van der Waals surface area contributed by atoms with E-state index in [9.17, 15) is 4.79 Å². The molecule has 20 heavy (non-hydrogen) atoms. The molecule has 1 amide bonds. The third-order valence-electron chi connectivity index (χ3n) is 3.01. The molecule has 0 aromatic heterocycles. The van der Waals surface area contributed by atoms with Crippen LogP contribution in [0.5, 0.6) is 5.75 Å². The molecule has 0 saturated heterocycles. The molecule has 0 atom stereocenters. The van der Waals surface area contributed by atoms with Crippen LogP contribution in [-0.2, 0) is 6.42 Å². The van der Waals surface area contributed by atoms with Crippen molar-refractivity contribution in [2.45, 2.75) is 12.8 Å². The van der Waals surface area contributed by atoms with Crippen molar-refractivity contribution in [1.82, 2.24) is 0 Å². The van der Waals surface area contributed by atoms with Gasteiger partial charge >= 0.3 is 0 Å². The first-order valence-corrected chi connectivity index (χ1v) is 6.53. The highest BCUT2D eigenvalue weighted by molar-refractivity contribution is 5.93. The third-order valence-corrected chi connectivity index (χ3v) is 3.01. The summed E-state index contributed by atoms with van der Waals surface area (Å²) in [7, 11) is 0. The number of primary amides is 1. The minimum absolute atomic E-state index is 0.400. The van der Waals surface area contributed by atoms with Gasteiger partial charge in [0.15, 0.2) is 0 Å². The van der Waals surface area contributed by atoms with E-state index in [1.807, 2.05) is 18.2 Å². The summed E-state index contributed by atoms with van der Waals surface area (Å²) in [6, 6.07) is 15.0. The number of aryl methyl sites for hydroxylation is 1. The summed E-state index contributed by atoms with van der Waals surface area (Å²) in [5.41, 5.74) is 13.2. The van der Waals surface area contributed by atoms with Crippen molar-refractivity contribution in [3.05, 3.63) is 59.7 Å². The fourth-order valence-corrected chi connectivity index (χ4v) is 1.92. The molecule has 0 aliphatic carbocycles. The van der Waals surface area contributed by atoms with E-state index in [1.165, 1.54) is 5.56 Å².